The average Bonchev–Trinajstić information content (AvgIpc) is 3.34. The lowest BCUT2D eigenvalue weighted by Crippen LogP contribution is -2.49. The van der Waals surface area contributed by atoms with Gasteiger partial charge in [-0.15, -0.1) is 0 Å². The summed E-state index contributed by atoms with van der Waals surface area (Å²) >= 11 is 6.70. The second kappa shape index (κ2) is 13.6. The van der Waals surface area contributed by atoms with Crippen LogP contribution in [0.2, 0.25) is 5.02 Å². The zero-order valence-electron chi connectivity index (χ0n) is 26.8. The Morgan fingerprint density at radius 2 is 1.70 bits per heavy atom. The molecule has 1 aliphatic rings. The van der Waals surface area contributed by atoms with Crippen LogP contribution >= 0.6 is 11.6 Å². The fourth-order valence-corrected chi connectivity index (χ4v) is 6.15. The largest absolute Gasteiger partial charge is 0.494 e. The summed E-state index contributed by atoms with van der Waals surface area (Å²) in [4.78, 5) is 14.7. The number of likely N-dealkylation sites (N-methyl/N-ethyl adjacent to an activating group) is 1. The molecule has 0 aromatic heterocycles. The van der Waals surface area contributed by atoms with Crippen LogP contribution in [0.3, 0.4) is 0 Å². The summed E-state index contributed by atoms with van der Waals surface area (Å²) in [7, 11) is 2.87. The molecule has 4 aromatic rings. The number of halogens is 3. The van der Waals surface area contributed by atoms with Gasteiger partial charge in [0.05, 0.1) is 49.4 Å². The molecule has 0 aliphatic carbocycles. The monoisotopic (exact) mass is 660 g/mol. The molecule has 1 amide bonds. The Labute approximate surface area is 278 Å². The average molecular weight is 661 g/mol. The standard InChI is InChI=1S/C37H35ClF2N2O5/c1-36(2,3)47-35(43)42(4)22-37(25-14-10-7-11-15-25)26(21-45-20-23-12-8-6-9-13-23)31-29(46-37)18-27(39)33(38)32(31)30-24(19-41)16-17-28(44-5)34(30)40/h6-18,26H,20-22H2,1-5H3/t26-,37+/m0/s1. The molecule has 1 heterocycles. The van der Waals surface area contributed by atoms with Gasteiger partial charge < -0.3 is 23.8 Å². The summed E-state index contributed by atoms with van der Waals surface area (Å²) in [5.74, 6) is -2.63. The molecule has 5 rings (SSSR count). The summed E-state index contributed by atoms with van der Waals surface area (Å²) in [6.07, 6.45) is -0.605. The maximum absolute atomic E-state index is 16.2. The van der Waals surface area contributed by atoms with E-state index in [2.05, 4.69) is 0 Å². The second-order valence-electron chi connectivity index (χ2n) is 12.3. The number of hydrogen-bond acceptors (Lipinski definition) is 6. The number of methoxy groups -OCH3 is 1. The normalized spacial score (nSPS) is 17.0. The van der Waals surface area contributed by atoms with Crippen LogP contribution in [-0.2, 0) is 21.7 Å². The summed E-state index contributed by atoms with van der Waals surface area (Å²) in [5, 5.41) is 9.66. The van der Waals surface area contributed by atoms with Crippen molar-refractivity contribution in [1.82, 2.24) is 4.90 Å². The maximum Gasteiger partial charge on any atom is 0.410 e. The van der Waals surface area contributed by atoms with Gasteiger partial charge in [0.1, 0.15) is 17.2 Å². The molecule has 0 saturated heterocycles. The Balaban J connectivity index is 1.75. The first-order chi connectivity index (χ1) is 22.4. The van der Waals surface area contributed by atoms with Gasteiger partial charge in [0, 0.05) is 29.8 Å². The van der Waals surface area contributed by atoms with Crippen molar-refractivity contribution in [3.8, 4) is 28.7 Å². The minimum absolute atomic E-state index is 0.0125. The smallest absolute Gasteiger partial charge is 0.410 e. The van der Waals surface area contributed by atoms with Crippen molar-refractivity contribution in [2.75, 3.05) is 27.3 Å². The highest BCUT2D eigenvalue weighted by atomic mass is 35.5. The van der Waals surface area contributed by atoms with Crippen molar-refractivity contribution in [2.45, 2.75) is 44.5 Å². The van der Waals surface area contributed by atoms with Gasteiger partial charge in [0.25, 0.3) is 0 Å². The Kier molecular flexibility index (Phi) is 9.76. The number of carbonyl (C=O) groups is 1. The van der Waals surface area contributed by atoms with Crippen molar-refractivity contribution >= 4 is 17.7 Å². The van der Waals surface area contributed by atoms with Crippen molar-refractivity contribution in [2.24, 2.45) is 0 Å². The van der Waals surface area contributed by atoms with E-state index in [9.17, 15) is 10.1 Å². The van der Waals surface area contributed by atoms with Crippen LogP contribution in [-0.4, -0.2) is 43.9 Å². The van der Waals surface area contributed by atoms with E-state index in [1.165, 1.54) is 24.1 Å². The van der Waals surface area contributed by atoms with Crippen LogP contribution < -0.4 is 9.47 Å². The third kappa shape index (κ3) is 6.76. The van der Waals surface area contributed by atoms with Gasteiger partial charge in [-0.25, -0.2) is 13.6 Å². The molecule has 0 spiro atoms. The Morgan fingerprint density at radius 1 is 1.04 bits per heavy atom. The van der Waals surface area contributed by atoms with Crippen molar-refractivity contribution in [3.63, 3.8) is 0 Å². The van der Waals surface area contributed by atoms with E-state index in [4.69, 9.17) is 30.5 Å². The van der Waals surface area contributed by atoms with Crippen molar-refractivity contribution in [3.05, 3.63) is 118 Å². The summed E-state index contributed by atoms with van der Waals surface area (Å²) in [6, 6.07) is 24.6. The molecular weight excluding hydrogens is 626 g/mol. The van der Waals surface area contributed by atoms with Crippen LogP contribution in [0.5, 0.6) is 11.5 Å². The van der Waals surface area contributed by atoms with E-state index in [0.29, 0.717) is 11.1 Å². The van der Waals surface area contributed by atoms with E-state index in [-0.39, 0.29) is 47.9 Å². The van der Waals surface area contributed by atoms with Gasteiger partial charge in [-0.3, -0.25) is 0 Å². The summed E-state index contributed by atoms with van der Waals surface area (Å²) in [6.45, 7) is 5.44. The number of nitriles is 1. The first kappa shape index (κ1) is 33.7. The highest BCUT2D eigenvalue weighted by Crippen LogP contribution is 2.57. The number of benzene rings is 4. The van der Waals surface area contributed by atoms with Gasteiger partial charge in [0.15, 0.2) is 17.2 Å². The second-order valence-corrected chi connectivity index (χ2v) is 12.7. The number of fused-ring (bicyclic) bond motifs is 1. The molecule has 7 nitrogen and oxygen atoms in total. The third-order valence-electron chi connectivity index (χ3n) is 7.96. The maximum atomic E-state index is 16.2. The SMILES string of the molecule is COc1ccc(C#N)c(-c2c(Cl)c(F)cc3c2[C@H](COCc2ccccc2)[C@@](CN(C)C(=O)OC(C)(C)C)(c2ccccc2)O3)c1F. The molecule has 0 saturated carbocycles. The molecule has 1 aliphatic heterocycles. The number of ether oxygens (including phenoxy) is 4. The number of nitrogens with zero attached hydrogens (tertiary/aromatic N) is 2. The minimum atomic E-state index is -1.39. The predicted molar refractivity (Wildman–Crippen MR) is 175 cm³/mol. The fourth-order valence-electron chi connectivity index (χ4n) is 5.90. The lowest BCUT2D eigenvalue weighted by Gasteiger charge is -2.38. The van der Waals surface area contributed by atoms with Gasteiger partial charge >= 0.3 is 6.09 Å². The molecule has 0 N–H and O–H groups in total. The first-order valence-electron chi connectivity index (χ1n) is 15.0. The Hall–Kier alpha value is -4.65. The predicted octanol–water partition coefficient (Wildman–Crippen LogP) is 8.62. The van der Waals surface area contributed by atoms with E-state index >= 15 is 8.78 Å². The molecule has 0 unspecified atom stereocenters. The first-order valence-corrected chi connectivity index (χ1v) is 15.4. The van der Waals surface area contributed by atoms with Gasteiger partial charge in [-0.2, -0.15) is 5.26 Å². The molecule has 2 atom stereocenters. The van der Waals surface area contributed by atoms with E-state index in [1.807, 2.05) is 66.7 Å². The topological polar surface area (TPSA) is 81.0 Å². The van der Waals surface area contributed by atoms with Crippen LogP contribution in [0.4, 0.5) is 13.6 Å². The number of hydrogen-bond donors (Lipinski definition) is 0. The van der Waals surface area contributed by atoms with Crippen LogP contribution in [0.25, 0.3) is 11.1 Å². The summed E-state index contributed by atoms with van der Waals surface area (Å²) in [5.41, 5.74) is -0.640. The lowest BCUT2D eigenvalue weighted by molar-refractivity contribution is -0.0200. The highest BCUT2D eigenvalue weighted by Gasteiger charge is 2.53. The zero-order chi connectivity index (χ0) is 33.9. The van der Waals surface area contributed by atoms with E-state index in [0.717, 1.165) is 11.6 Å². The minimum Gasteiger partial charge on any atom is -0.494 e. The van der Waals surface area contributed by atoms with Gasteiger partial charge in [-0.1, -0.05) is 72.3 Å². The van der Waals surface area contributed by atoms with Crippen LogP contribution in [0.1, 0.15) is 48.9 Å². The molecule has 10 heteroatoms. The molecule has 0 bridgehead atoms. The van der Waals surface area contributed by atoms with E-state index in [1.54, 1.807) is 27.8 Å². The fraction of sp³-hybridized carbons (Fsp3) is 0.297. The van der Waals surface area contributed by atoms with E-state index < -0.39 is 39.9 Å². The van der Waals surface area contributed by atoms with Crippen LogP contribution in [0.15, 0.2) is 78.9 Å². The molecule has 0 radical (unpaired) electrons. The van der Waals surface area contributed by atoms with Gasteiger partial charge in [-0.05, 0) is 44.0 Å². The number of carbonyl (C=O) groups excluding carboxylic acids is 1. The number of rotatable bonds is 9. The molecular formula is C37H35ClF2N2O5. The Bertz CT molecular complexity index is 1810. The van der Waals surface area contributed by atoms with Gasteiger partial charge in [0.2, 0.25) is 0 Å². The van der Waals surface area contributed by atoms with Crippen LogP contribution in [0, 0.1) is 23.0 Å². The lowest BCUT2D eigenvalue weighted by atomic mass is 9.76. The molecule has 244 valence electrons. The molecule has 4 aromatic carbocycles. The quantitative estimate of drug-likeness (QED) is 0.179. The molecule has 0 fully saturated rings. The molecule has 47 heavy (non-hydrogen) atoms. The highest BCUT2D eigenvalue weighted by molar-refractivity contribution is 6.34. The number of amides is 1. The third-order valence-corrected chi connectivity index (χ3v) is 8.33. The zero-order valence-corrected chi connectivity index (χ0v) is 27.5. The Morgan fingerprint density at radius 3 is 2.32 bits per heavy atom. The summed E-state index contributed by atoms with van der Waals surface area (Å²) < 4.78 is 55.9. The van der Waals surface area contributed by atoms with Crippen molar-refractivity contribution in [1.29, 1.82) is 5.26 Å². The van der Waals surface area contributed by atoms with Crippen molar-refractivity contribution < 1.29 is 32.5 Å².